The average Bonchev–Trinajstić information content (AvgIpc) is 2.19. The molecule has 1 aromatic carbocycles. The van der Waals surface area contributed by atoms with Crippen LogP contribution in [0.15, 0.2) is 22.7 Å². The first-order chi connectivity index (χ1) is 7.34. The van der Waals surface area contributed by atoms with Crippen molar-refractivity contribution in [2.45, 2.75) is 32.7 Å². The van der Waals surface area contributed by atoms with Crippen LogP contribution in [0.3, 0.4) is 0 Å². The van der Waals surface area contributed by atoms with Gasteiger partial charge in [0.2, 0.25) is 0 Å². The van der Waals surface area contributed by atoms with Crippen LogP contribution >= 0.6 is 15.9 Å². The quantitative estimate of drug-likeness (QED) is 0.869. The fourth-order valence-corrected chi connectivity index (χ4v) is 1.71. The van der Waals surface area contributed by atoms with E-state index in [1.165, 1.54) is 7.11 Å². The normalized spacial score (nSPS) is 13.6. The van der Waals surface area contributed by atoms with Gasteiger partial charge in [0.15, 0.2) is 0 Å². The van der Waals surface area contributed by atoms with E-state index < -0.39 is 6.48 Å². The highest BCUT2D eigenvalue weighted by Crippen LogP contribution is 2.33. The van der Waals surface area contributed by atoms with Crippen LogP contribution < -0.4 is 4.74 Å². The van der Waals surface area contributed by atoms with Gasteiger partial charge in [0.1, 0.15) is 5.75 Å². The predicted octanol–water partition coefficient (Wildman–Crippen LogP) is 3.05. The lowest BCUT2D eigenvalue weighted by molar-refractivity contribution is -0.200. The van der Waals surface area contributed by atoms with Gasteiger partial charge in [-0.25, -0.2) is 0 Å². The Morgan fingerprint density at radius 1 is 1.31 bits per heavy atom. The van der Waals surface area contributed by atoms with E-state index in [-0.39, 0.29) is 5.41 Å². The molecule has 1 aromatic rings. The first-order valence-electron chi connectivity index (χ1n) is 5.02. The Bertz CT molecular complexity index is 358. The second kappa shape index (κ2) is 5.17. The zero-order valence-electron chi connectivity index (χ0n) is 9.95. The number of aliphatic hydroxyl groups is 1. The number of halogens is 1. The van der Waals surface area contributed by atoms with Crippen molar-refractivity contribution in [2.75, 3.05) is 7.11 Å². The molecule has 0 aliphatic carbocycles. The maximum Gasteiger partial charge on any atom is 0.313 e. The molecule has 3 nitrogen and oxygen atoms in total. The summed E-state index contributed by atoms with van der Waals surface area (Å²) in [4.78, 5) is 0. The SMILES string of the molecule is CO[C@H](O)Oc1ccc(Br)cc1C(C)(C)C. The van der Waals surface area contributed by atoms with E-state index in [0.29, 0.717) is 5.75 Å². The molecule has 0 amide bonds. The molecular weight excluding hydrogens is 272 g/mol. The molecule has 0 aliphatic rings. The molecule has 0 aromatic heterocycles. The van der Waals surface area contributed by atoms with Gasteiger partial charge in [-0.3, -0.25) is 0 Å². The molecule has 0 saturated heterocycles. The molecule has 0 unspecified atom stereocenters. The van der Waals surface area contributed by atoms with Crippen LogP contribution in [0, 0.1) is 0 Å². The van der Waals surface area contributed by atoms with Gasteiger partial charge in [0.05, 0.1) is 0 Å². The fourth-order valence-electron chi connectivity index (χ4n) is 1.35. The summed E-state index contributed by atoms with van der Waals surface area (Å²) in [7, 11) is 1.39. The van der Waals surface area contributed by atoms with Crippen LogP contribution in [0.4, 0.5) is 0 Å². The van der Waals surface area contributed by atoms with Crippen molar-refractivity contribution >= 4 is 15.9 Å². The largest absolute Gasteiger partial charge is 0.441 e. The zero-order valence-corrected chi connectivity index (χ0v) is 11.5. The second-order valence-corrected chi connectivity index (χ2v) is 5.47. The first kappa shape index (κ1) is 13.5. The van der Waals surface area contributed by atoms with Crippen LogP contribution in [0.25, 0.3) is 0 Å². The molecule has 0 heterocycles. The van der Waals surface area contributed by atoms with E-state index >= 15 is 0 Å². The molecule has 1 atom stereocenters. The van der Waals surface area contributed by atoms with Gasteiger partial charge in [0.25, 0.3) is 0 Å². The Labute approximate surface area is 105 Å². The van der Waals surface area contributed by atoms with Gasteiger partial charge in [-0.2, -0.15) is 0 Å². The molecule has 0 radical (unpaired) electrons. The summed E-state index contributed by atoms with van der Waals surface area (Å²) in [5.74, 6) is 0.630. The Balaban J connectivity index is 3.08. The van der Waals surface area contributed by atoms with Crippen molar-refractivity contribution in [1.82, 2.24) is 0 Å². The molecule has 0 spiro atoms. The minimum atomic E-state index is -1.23. The lowest BCUT2D eigenvalue weighted by atomic mass is 9.86. The number of methoxy groups -OCH3 is 1. The van der Waals surface area contributed by atoms with Gasteiger partial charge < -0.3 is 14.6 Å². The number of hydrogen-bond donors (Lipinski definition) is 1. The highest BCUT2D eigenvalue weighted by Gasteiger charge is 2.20. The summed E-state index contributed by atoms with van der Waals surface area (Å²) < 4.78 is 10.9. The molecule has 4 heteroatoms. The van der Waals surface area contributed by atoms with E-state index in [1.54, 1.807) is 0 Å². The Morgan fingerprint density at radius 3 is 2.44 bits per heavy atom. The van der Waals surface area contributed by atoms with E-state index in [9.17, 15) is 5.11 Å². The van der Waals surface area contributed by atoms with E-state index in [0.717, 1.165) is 10.0 Å². The minimum Gasteiger partial charge on any atom is -0.441 e. The maximum atomic E-state index is 9.31. The van der Waals surface area contributed by atoms with E-state index in [4.69, 9.17) is 4.74 Å². The van der Waals surface area contributed by atoms with Gasteiger partial charge in [0, 0.05) is 17.1 Å². The summed E-state index contributed by atoms with van der Waals surface area (Å²) in [5.41, 5.74) is 0.949. The first-order valence-corrected chi connectivity index (χ1v) is 5.81. The highest BCUT2D eigenvalue weighted by atomic mass is 79.9. The molecule has 0 aliphatic heterocycles. The predicted molar refractivity (Wildman–Crippen MR) is 66.5 cm³/mol. The molecule has 90 valence electrons. The van der Waals surface area contributed by atoms with Crippen LogP contribution in [-0.2, 0) is 10.2 Å². The number of rotatable bonds is 3. The van der Waals surface area contributed by atoms with Crippen LogP contribution in [0.5, 0.6) is 5.75 Å². The monoisotopic (exact) mass is 288 g/mol. The van der Waals surface area contributed by atoms with E-state index in [2.05, 4.69) is 41.4 Å². The highest BCUT2D eigenvalue weighted by molar-refractivity contribution is 9.10. The van der Waals surface area contributed by atoms with Crippen molar-refractivity contribution in [3.8, 4) is 5.75 Å². The summed E-state index contributed by atoms with van der Waals surface area (Å²) in [6.07, 6.45) is 0. The van der Waals surface area contributed by atoms with E-state index in [1.807, 2.05) is 18.2 Å². The Morgan fingerprint density at radius 2 is 1.94 bits per heavy atom. The van der Waals surface area contributed by atoms with Crippen LogP contribution in [0.2, 0.25) is 0 Å². The van der Waals surface area contributed by atoms with Gasteiger partial charge in [-0.05, 0) is 23.6 Å². The smallest absolute Gasteiger partial charge is 0.313 e. The molecule has 0 fully saturated rings. The average molecular weight is 289 g/mol. The van der Waals surface area contributed by atoms with Gasteiger partial charge in [-0.15, -0.1) is 0 Å². The van der Waals surface area contributed by atoms with Crippen molar-refractivity contribution in [1.29, 1.82) is 0 Å². The van der Waals surface area contributed by atoms with Crippen LogP contribution in [0.1, 0.15) is 26.3 Å². The second-order valence-electron chi connectivity index (χ2n) is 4.55. The Hall–Kier alpha value is -0.580. The zero-order chi connectivity index (χ0) is 12.3. The third-order valence-electron chi connectivity index (χ3n) is 2.18. The lowest BCUT2D eigenvalue weighted by Gasteiger charge is -2.24. The number of ether oxygens (including phenoxy) is 2. The number of aliphatic hydroxyl groups excluding tert-OH is 1. The fraction of sp³-hybridized carbons (Fsp3) is 0.500. The van der Waals surface area contributed by atoms with Crippen molar-refractivity contribution in [2.24, 2.45) is 0 Å². The number of hydrogen-bond acceptors (Lipinski definition) is 3. The molecule has 0 bridgehead atoms. The van der Waals surface area contributed by atoms with Gasteiger partial charge in [-0.1, -0.05) is 36.7 Å². The summed E-state index contributed by atoms with van der Waals surface area (Å²) in [6, 6.07) is 5.66. The summed E-state index contributed by atoms with van der Waals surface area (Å²) in [5, 5.41) is 9.31. The van der Waals surface area contributed by atoms with Crippen LogP contribution in [-0.4, -0.2) is 18.7 Å². The molecule has 0 saturated carbocycles. The minimum absolute atomic E-state index is 0.0629. The van der Waals surface area contributed by atoms with Gasteiger partial charge >= 0.3 is 6.48 Å². The third-order valence-corrected chi connectivity index (χ3v) is 2.67. The van der Waals surface area contributed by atoms with Crippen molar-refractivity contribution in [3.63, 3.8) is 0 Å². The summed E-state index contributed by atoms with van der Waals surface area (Å²) >= 11 is 3.42. The molecule has 1 N–H and O–H groups in total. The molecule has 16 heavy (non-hydrogen) atoms. The number of benzene rings is 1. The van der Waals surface area contributed by atoms with Crippen molar-refractivity contribution < 1.29 is 14.6 Å². The summed E-state index contributed by atoms with van der Waals surface area (Å²) in [6.45, 7) is 5.02. The lowest BCUT2D eigenvalue weighted by Crippen LogP contribution is -2.21. The third kappa shape index (κ3) is 3.47. The molecular formula is C12H17BrO3. The maximum absolute atomic E-state index is 9.31. The Kier molecular flexibility index (Phi) is 4.35. The molecule has 1 rings (SSSR count). The van der Waals surface area contributed by atoms with Crippen molar-refractivity contribution in [3.05, 3.63) is 28.2 Å². The standard InChI is InChI=1S/C12H17BrO3/c1-12(2,3)9-7-8(13)5-6-10(9)16-11(14)15-4/h5-7,11,14H,1-4H3/t11-/m0/s1. The topological polar surface area (TPSA) is 38.7 Å².